The number of benzene rings is 2. The average molecular weight is 377 g/mol. The van der Waals surface area contributed by atoms with Crippen molar-refractivity contribution in [2.45, 2.75) is 13.3 Å². The van der Waals surface area contributed by atoms with Crippen LogP contribution in [0.3, 0.4) is 0 Å². The van der Waals surface area contributed by atoms with Crippen LogP contribution in [0.1, 0.15) is 21.5 Å². The van der Waals surface area contributed by atoms with Gasteiger partial charge in [-0.25, -0.2) is 0 Å². The summed E-state index contributed by atoms with van der Waals surface area (Å²) in [4.78, 5) is 12.1. The first-order valence-electron chi connectivity index (χ1n) is 6.95. The Balaban J connectivity index is 1.81. The van der Waals surface area contributed by atoms with Gasteiger partial charge < -0.3 is 5.32 Å². The molecule has 2 aromatic rings. The average Bonchev–Trinajstić information content (AvgIpc) is 2.51. The number of amides is 1. The molecule has 1 amide bonds. The molecule has 5 heteroatoms. The van der Waals surface area contributed by atoms with E-state index in [0.717, 1.165) is 16.5 Å². The highest BCUT2D eigenvalue weighted by Crippen LogP contribution is 2.17. The molecule has 0 spiro atoms. The minimum atomic E-state index is -0.210. The number of halogens is 1. The van der Waals surface area contributed by atoms with E-state index < -0.39 is 0 Å². The molecule has 0 saturated heterocycles. The van der Waals surface area contributed by atoms with Crippen LogP contribution in [-0.2, 0) is 6.42 Å². The van der Waals surface area contributed by atoms with Gasteiger partial charge in [0.15, 0.2) is 5.11 Å². The standard InChI is InChI=1S/C17H17BrN2OS/c1-12-7-8-14(11-15(12)18)16(21)20-17(22)19-10-9-13-5-3-2-4-6-13/h2-8,11H,9-10H2,1H3,(H2,19,20,21,22). The van der Waals surface area contributed by atoms with Crippen molar-refractivity contribution < 1.29 is 4.79 Å². The number of hydrogen-bond donors (Lipinski definition) is 2. The SMILES string of the molecule is Cc1ccc(C(=O)NC(=S)NCCc2ccccc2)cc1Br. The fourth-order valence-electron chi connectivity index (χ4n) is 1.92. The topological polar surface area (TPSA) is 41.1 Å². The molecule has 0 radical (unpaired) electrons. The minimum absolute atomic E-state index is 0.210. The largest absolute Gasteiger partial charge is 0.362 e. The van der Waals surface area contributed by atoms with Gasteiger partial charge in [-0.15, -0.1) is 0 Å². The molecule has 2 N–H and O–H groups in total. The van der Waals surface area contributed by atoms with Crippen LogP contribution in [0, 0.1) is 6.92 Å². The van der Waals surface area contributed by atoms with Crippen molar-refractivity contribution in [3.63, 3.8) is 0 Å². The molecule has 0 heterocycles. The normalized spacial score (nSPS) is 10.1. The number of thiocarbonyl (C=S) groups is 1. The molecule has 0 aliphatic heterocycles. The monoisotopic (exact) mass is 376 g/mol. The quantitative estimate of drug-likeness (QED) is 0.800. The molecule has 0 saturated carbocycles. The van der Waals surface area contributed by atoms with E-state index >= 15 is 0 Å². The van der Waals surface area contributed by atoms with Gasteiger partial charge in [-0.1, -0.05) is 52.3 Å². The molecule has 0 atom stereocenters. The summed E-state index contributed by atoms with van der Waals surface area (Å²) in [5.41, 5.74) is 2.89. The first-order valence-corrected chi connectivity index (χ1v) is 8.15. The van der Waals surface area contributed by atoms with Crippen molar-refractivity contribution in [2.24, 2.45) is 0 Å². The summed E-state index contributed by atoms with van der Waals surface area (Å²) in [5, 5.41) is 6.08. The summed E-state index contributed by atoms with van der Waals surface area (Å²) in [7, 11) is 0. The van der Waals surface area contributed by atoms with Crippen LogP contribution in [0.25, 0.3) is 0 Å². The van der Waals surface area contributed by atoms with Crippen LogP contribution >= 0.6 is 28.1 Å². The maximum atomic E-state index is 12.1. The Kier molecular flexibility index (Phi) is 6.10. The summed E-state index contributed by atoms with van der Waals surface area (Å²) in [6, 6.07) is 15.6. The predicted octanol–water partition coefficient (Wildman–Crippen LogP) is 3.60. The molecule has 0 aliphatic rings. The van der Waals surface area contributed by atoms with Gasteiger partial charge >= 0.3 is 0 Å². The molecule has 0 aliphatic carbocycles. The summed E-state index contributed by atoms with van der Waals surface area (Å²) in [6.07, 6.45) is 0.854. The molecule has 114 valence electrons. The van der Waals surface area contributed by atoms with E-state index in [9.17, 15) is 4.79 Å². The van der Waals surface area contributed by atoms with Crippen molar-refractivity contribution in [1.29, 1.82) is 0 Å². The lowest BCUT2D eigenvalue weighted by atomic mass is 10.1. The van der Waals surface area contributed by atoms with Crippen molar-refractivity contribution >= 4 is 39.2 Å². The van der Waals surface area contributed by atoms with E-state index in [1.807, 2.05) is 31.2 Å². The van der Waals surface area contributed by atoms with Gasteiger partial charge in [0.25, 0.3) is 5.91 Å². The summed E-state index contributed by atoms with van der Waals surface area (Å²) < 4.78 is 0.906. The van der Waals surface area contributed by atoms with E-state index in [-0.39, 0.29) is 5.91 Å². The Labute approximate surface area is 144 Å². The Morgan fingerprint density at radius 2 is 1.91 bits per heavy atom. The number of rotatable bonds is 4. The maximum Gasteiger partial charge on any atom is 0.257 e. The van der Waals surface area contributed by atoms with Gasteiger partial charge in [-0.05, 0) is 48.8 Å². The second-order valence-electron chi connectivity index (χ2n) is 4.91. The molecule has 0 fully saturated rings. The lowest BCUT2D eigenvalue weighted by molar-refractivity contribution is 0.0976. The Bertz CT molecular complexity index is 674. The number of carbonyl (C=O) groups is 1. The minimum Gasteiger partial charge on any atom is -0.362 e. The second-order valence-corrected chi connectivity index (χ2v) is 6.17. The number of hydrogen-bond acceptors (Lipinski definition) is 2. The smallest absolute Gasteiger partial charge is 0.257 e. The predicted molar refractivity (Wildman–Crippen MR) is 97.1 cm³/mol. The molecule has 0 bridgehead atoms. The van der Waals surface area contributed by atoms with E-state index in [1.54, 1.807) is 12.1 Å². The first-order chi connectivity index (χ1) is 10.6. The number of nitrogens with one attached hydrogen (secondary N) is 2. The third kappa shape index (κ3) is 4.93. The highest BCUT2D eigenvalue weighted by Gasteiger charge is 2.08. The number of carbonyl (C=O) groups excluding carboxylic acids is 1. The lowest BCUT2D eigenvalue weighted by Crippen LogP contribution is -2.40. The van der Waals surface area contributed by atoms with E-state index in [1.165, 1.54) is 5.56 Å². The highest BCUT2D eigenvalue weighted by atomic mass is 79.9. The maximum absolute atomic E-state index is 12.1. The molecule has 22 heavy (non-hydrogen) atoms. The Hall–Kier alpha value is -1.72. The van der Waals surface area contributed by atoms with E-state index in [4.69, 9.17) is 12.2 Å². The van der Waals surface area contributed by atoms with E-state index in [0.29, 0.717) is 17.2 Å². The molecule has 3 nitrogen and oxygen atoms in total. The molecule has 0 aromatic heterocycles. The van der Waals surface area contributed by atoms with Gasteiger partial charge in [-0.3, -0.25) is 10.1 Å². The van der Waals surface area contributed by atoms with Gasteiger partial charge in [0, 0.05) is 16.6 Å². The van der Waals surface area contributed by atoms with Crippen molar-refractivity contribution in [3.8, 4) is 0 Å². The zero-order valence-electron chi connectivity index (χ0n) is 12.2. The third-order valence-corrected chi connectivity index (χ3v) is 4.30. The zero-order chi connectivity index (χ0) is 15.9. The zero-order valence-corrected chi connectivity index (χ0v) is 14.6. The van der Waals surface area contributed by atoms with Gasteiger partial charge in [0.05, 0.1) is 0 Å². The molecule has 2 aromatic carbocycles. The molecule has 0 unspecified atom stereocenters. The molecular weight excluding hydrogens is 360 g/mol. The van der Waals surface area contributed by atoms with E-state index in [2.05, 4.69) is 38.7 Å². The van der Waals surface area contributed by atoms with Crippen molar-refractivity contribution in [3.05, 3.63) is 69.7 Å². The summed E-state index contributed by atoms with van der Waals surface area (Å²) in [6.45, 7) is 2.66. The van der Waals surface area contributed by atoms with Crippen LogP contribution in [0.15, 0.2) is 53.0 Å². The lowest BCUT2D eigenvalue weighted by Gasteiger charge is -2.10. The summed E-state index contributed by atoms with van der Waals surface area (Å²) in [5.74, 6) is -0.210. The van der Waals surface area contributed by atoms with Crippen LogP contribution in [0.5, 0.6) is 0 Å². The first kappa shape index (κ1) is 16.6. The summed E-state index contributed by atoms with van der Waals surface area (Å²) >= 11 is 8.57. The van der Waals surface area contributed by atoms with Crippen LogP contribution in [0.4, 0.5) is 0 Å². The van der Waals surface area contributed by atoms with Crippen LogP contribution < -0.4 is 10.6 Å². The fraction of sp³-hybridized carbons (Fsp3) is 0.176. The van der Waals surface area contributed by atoms with Crippen molar-refractivity contribution in [1.82, 2.24) is 10.6 Å². The molecule has 2 rings (SSSR count). The number of aryl methyl sites for hydroxylation is 1. The fourth-order valence-corrected chi connectivity index (χ4v) is 2.49. The third-order valence-electron chi connectivity index (χ3n) is 3.20. The Morgan fingerprint density at radius 1 is 1.18 bits per heavy atom. The Morgan fingerprint density at radius 3 is 2.59 bits per heavy atom. The van der Waals surface area contributed by atoms with Gasteiger partial charge in [0.1, 0.15) is 0 Å². The van der Waals surface area contributed by atoms with Gasteiger partial charge in [-0.2, -0.15) is 0 Å². The highest BCUT2D eigenvalue weighted by molar-refractivity contribution is 9.10. The van der Waals surface area contributed by atoms with Crippen LogP contribution in [0.2, 0.25) is 0 Å². The van der Waals surface area contributed by atoms with Gasteiger partial charge in [0.2, 0.25) is 0 Å². The second kappa shape index (κ2) is 8.06. The molecular formula is C17H17BrN2OS. The van der Waals surface area contributed by atoms with Crippen molar-refractivity contribution in [2.75, 3.05) is 6.54 Å². The van der Waals surface area contributed by atoms with Crippen LogP contribution in [-0.4, -0.2) is 17.6 Å².